The minimum absolute atomic E-state index is 0.0269. The van der Waals surface area contributed by atoms with Crippen LogP contribution in [0, 0.1) is 0 Å². The van der Waals surface area contributed by atoms with Crippen molar-refractivity contribution in [2.75, 3.05) is 0 Å². The second-order valence-corrected chi connectivity index (χ2v) is 8.10. The predicted molar refractivity (Wildman–Crippen MR) is 124 cm³/mol. The average molecular weight is 432 g/mol. The van der Waals surface area contributed by atoms with Gasteiger partial charge >= 0.3 is 5.69 Å². The largest absolute Gasteiger partial charge is 0.346 e. The molecular formula is C24H29N7O. The fourth-order valence-corrected chi connectivity index (χ4v) is 4.03. The lowest BCUT2D eigenvalue weighted by atomic mass is 9.98. The zero-order valence-electron chi connectivity index (χ0n) is 18.8. The number of H-pyrrole nitrogens is 1. The van der Waals surface area contributed by atoms with Crippen LogP contribution in [-0.2, 0) is 13.0 Å². The van der Waals surface area contributed by atoms with Gasteiger partial charge in [0, 0.05) is 12.0 Å². The minimum atomic E-state index is -0.0269. The molecule has 8 nitrogen and oxygen atoms in total. The van der Waals surface area contributed by atoms with Crippen LogP contribution in [0.3, 0.4) is 0 Å². The molecule has 2 heterocycles. The Morgan fingerprint density at radius 2 is 1.75 bits per heavy atom. The average Bonchev–Trinajstić information content (AvgIpc) is 3.45. The number of tetrazole rings is 1. The summed E-state index contributed by atoms with van der Waals surface area (Å²) in [5.74, 6) is 1.42. The molecule has 0 aliphatic heterocycles. The molecule has 4 rings (SSSR count). The molecule has 2 aromatic carbocycles. The highest BCUT2D eigenvalue weighted by Crippen LogP contribution is 2.29. The van der Waals surface area contributed by atoms with Crippen LogP contribution in [0.15, 0.2) is 53.3 Å². The van der Waals surface area contributed by atoms with Crippen molar-refractivity contribution >= 4 is 0 Å². The molecule has 0 radical (unpaired) electrons. The van der Waals surface area contributed by atoms with E-state index < -0.39 is 0 Å². The zero-order valence-corrected chi connectivity index (χ0v) is 18.8. The maximum absolute atomic E-state index is 13.1. The summed E-state index contributed by atoms with van der Waals surface area (Å²) in [6.45, 7) is 6.82. The highest BCUT2D eigenvalue weighted by molar-refractivity contribution is 5.80. The van der Waals surface area contributed by atoms with E-state index in [4.69, 9.17) is 0 Å². The van der Waals surface area contributed by atoms with Crippen molar-refractivity contribution in [1.82, 2.24) is 35.0 Å². The van der Waals surface area contributed by atoms with Gasteiger partial charge < -0.3 is 0 Å². The van der Waals surface area contributed by atoms with E-state index >= 15 is 0 Å². The summed E-state index contributed by atoms with van der Waals surface area (Å²) in [6, 6.07) is 16.4. The molecule has 32 heavy (non-hydrogen) atoms. The Morgan fingerprint density at radius 3 is 2.41 bits per heavy atom. The van der Waals surface area contributed by atoms with Crippen LogP contribution >= 0.6 is 0 Å². The first-order valence-electron chi connectivity index (χ1n) is 11.2. The van der Waals surface area contributed by atoms with Crippen LogP contribution in [-0.4, -0.2) is 35.0 Å². The first-order chi connectivity index (χ1) is 15.6. The van der Waals surface area contributed by atoms with Crippen molar-refractivity contribution in [3.8, 4) is 22.5 Å². The predicted octanol–water partition coefficient (Wildman–Crippen LogP) is 4.25. The van der Waals surface area contributed by atoms with Crippen LogP contribution < -0.4 is 5.69 Å². The van der Waals surface area contributed by atoms with E-state index in [-0.39, 0.29) is 11.7 Å². The number of benzene rings is 2. The maximum Gasteiger partial charge on any atom is 0.346 e. The fourth-order valence-electron chi connectivity index (χ4n) is 4.03. The Labute approximate surface area is 187 Å². The summed E-state index contributed by atoms with van der Waals surface area (Å²) in [4.78, 5) is 13.1. The lowest BCUT2D eigenvalue weighted by Crippen LogP contribution is -2.28. The molecule has 1 unspecified atom stereocenters. The molecule has 0 amide bonds. The highest BCUT2D eigenvalue weighted by Gasteiger charge is 2.17. The summed E-state index contributed by atoms with van der Waals surface area (Å²) >= 11 is 0. The minimum Gasteiger partial charge on any atom is -0.274 e. The van der Waals surface area contributed by atoms with Crippen LogP contribution in [0.2, 0.25) is 0 Å². The van der Waals surface area contributed by atoms with Gasteiger partial charge in [-0.1, -0.05) is 68.8 Å². The van der Waals surface area contributed by atoms with E-state index in [9.17, 15) is 4.79 Å². The van der Waals surface area contributed by atoms with Gasteiger partial charge in [-0.05, 0) is 41.7 Å². The van der Waals surface area contributed by atoms with Crippen molar-refractivity contribution in [3.63, 3.8) is 0 Å². The third kappa shape index (κ3) is 4.39. The topological polar surface area (TPSA) is 94.3 Å². The number of rotatable bonds is 9. The van der Waals surface area contributed by atoms with Gasteiger partial charge in [-0.25, -0.2) is 9.48 Å². The Bertz CT molecular complexity index is 1210. The smallest absolute Gasteiger partial charge is 0.274 e. The lowest BCUT2D eigenvalue weighted by molar-refractivity contribution is 0.436. The molecule has 8 heteroatoms. The second kappa shape index (κ2) is 9.72. The molecule has 0 bridgehead atoms. The third-order valence-electron chi connectivity index (χ3n) is 5.68. The van der Waals surface area contributed by atoms with E-state index in [0.717, 1.165) is 53.8 Å². The Morgan fingerprint density at radius 1 is 1.00 bits per heavy atom. The number of hydrogen-bond donors (Lipinski definition) is 1. The van der Waals surface area contributed by atoms with E-state index in [0.29, 0.717) is 12.4 Å². The van der Waals surface area contributed by atoms with E-state index in [1.165, 1.54) is 0 Å². The van der Waals surface area contributed by atoms with E-state index in [1.807, 2.05) is 28.8 Å². The molecule has 1 N–H and O–H groups in total. The standard InChI is InChI=1S/C24H29N7O/c1-4-8-17(3)31-24(32)30(22(27-31)9-5-2)16-18-12-14-19(15-13-18)20-10-6-7-11-21(20)23-25-28-29-26-23/h6-7,10-15,17H,4-5,8-9,16H2,1-3H3,(H,25,26,28,29). The summed E-state index contributed by atoms with van der Waals surface area (Å²) in [6.07, 6.45) is 3.70. The number of nitrogens with zero attached hydrogens (tertiary/aromatic N) is 6. The summed E-state index contributed by atoms with van der Waals surface area (Å²) in [5, 5.41) is 19.1. The molecule has 0 saturated carbocycles. The van der Waals surface area contributed by atoms with Crippen molar-refractivity contribution < 1.29 is 0 Å². The Kier molecular flexibility index (Phi) is 6.58. The normalized spacial score (nSPS) is 12.2. The van der Waals surface area contributed by atoms with Gasteiger partial charge in [-0.15, -0.1) is 10.2 Å². The highest BCUT2D eigenvalue weighted by atomic mass is 16.2. The molecule has 166 valence electrons. The van der Waals surface area contributed by atoms with Crippen LogP contribution in [0.4, 0.5) is 0 Å². The van der Waals surface area contributed by atoms with Gasteiger partial charge in [0.25, 0.3) is 0 Å². The molecule has 1 atom stereocenters. The fraction of sp³-hybridized carbons (Fsp3) is 0.375. The zero-order chi connectivity index (χ0) is 22.5. The van der Waals surface area contributed by atoms with E-state index in [2.05, 4.69) is 70.8 Å². The van der Waals surface area contributed by atoms with Crippen molar-refractivity contribution in [3.05, 3.63) is 70.4 Å². The maximum atomic E-state index is 13.1. The van der Waals surface area contributed by atoms with Crippen LogP contribution in [0.1, 0.15) is 57.5 Å². The van der Waals surface area contributed by atoms with Crippen molar-refractivity contribution in [2.45, 2.75) is 59.0 Å². The molecule has 4 aromatic rings. The van der Waals surface area contributed by atoms with Gasteiger partial charge in [0.1, 0.15) is 5.82 Å². The molecule has 0 spiro atoms. The lowest BCUT2D eigenvalue weighted by Gasteiger charge is -2.09. The Hall–Kier alpha value is -3.55. The molecule has 0 fully saturated rings. The van der Waals surface area contributed by atoms with E-state index in [1.54, 1.807) is 4.68 Å². The number of aryl methyl sites for hydroxylation is 1. The molecule has 0 saturated heterocycles. The first kappa shape index (κ1) is 21.7. The molecule has 2 aromatic heterocycles. The van der Waals surface area contributed by atoms with Crippen LogP contribution in [0.5, 0.6) is 0 Å². The quantitative estimate of drug-likeness (QED) is 0.427. The van der Waals surface area contributed by atoms with Gasteiger partial charge in [-0.3, -0.25) is 4.57 Å². The van der Waals surface area contributed by atoms with Gasteiger partial charge in [0.05, 0.1) is 12.6 Å². The number of aromatic nitrogens is 7. The molecule has 0 aliphatic carbocycles. The summed E-state index contributed by atoms with van der Waals surface area (Å²) < 4.78 is 3.47. The van der Waals surface area contributed by atoms with Crippen molar-refractivity contribution in [2.24, 2.45) is 0 Å². The SMILES string of the molecule is CCCc1nn(C(C)CCC)c(=O)n1Cc1ccc(-c2ccccc2-c2nn[nH]n2)cc1. The second-order valence-electron chi connectivity index (χ2n) is 8.10. The third-order valence-corrected chi connectivity index (χ3v) is 5.68. The number of nitrogens with one attached hydrogen (secondary N) is 1. The molecular weight excluding hydrogens is 402 g/mol. The monoisotopic (exact) mass is 431 g/mol. The molecule has 0 aliphatic rings. The van der Waals surface area contributed by atoms with Gasteiger partial charge in [0.15, 0.2) is 0 Å². The van der Waals surface area contributed by atoms with Gasteiger partial charge in [-0.2, -0.15) is 10.3 Å². The first-order valence-corrected chi connectivity index (χ1v) is 11.2. The van der Waals surface area contributed by atoms with Gasteiger partial charge in [0.2, 0.25) is 5.82 Å². The summed E-state index contributed by atoms with van der Waals surface area (Å²) in [5.41, 5.74) is 4.04. The number of hydrogen-bond acceptors (Lipinski definition) is 5. The summed E-state index contributed by atoms with van der Waals surface area (Å²) in [7, 11) is 0. The van der Waals surface area contributed by atoms with Crippen molar-refractivity contribution in [1.29, 1.82) is 0 Å². The Balaban J connectivity index is 1.63. The van der Waals surface area contributed by atoms with Crippen LogP contribution in [0.25, 0.3) is 22.5 Å². The number of aromatic amines is 1.